The lowest BCUT2D eigenvalue weighted by Crippen LogP contribution is -2.19. The SMILES string of the molecule is Cc1ccc(NC(Nc2ccc(C)cc2)c2ccccc2)cc1. The fraction of sp³-hybridized carbons (Fsp3) is 0.143. The predicted octanol–water partition coefficient (Wildman–Crippen LogP) is 5.53. The number of rotatable bonds is 5. The van der Waals surface area contributed by atoms with Gasteiger partial charge in [0.2, 0.25) is 0 Å². The fourth-order valence-electron chi connectivity index (χ4n) is 2.48. The molecule has 0 atom stereocenters. The lowest BCUT2D eigenvalue weighted by Gasteiger charge is -2.23. The summed E-state index contributed by atoms with van der Waals surface area (Å²) in [5.41, 5.74) is 5.93. The Labute approximate surface area is 138 Å². The minimum Gasteiger partial charge on any atom is -0.362 e. The van der Waals surface area contributed by atoms with Crippen molar-refractivity contribution in [3.05, 3.63) is 95.6 Å². The summed E-state index contributed by atoms with van der Waals surface area (Å²) in [6.07, 6.45) is 0.0154. The van der Waals surface area contributed by atoms with Crippen LogP contribution in [-0.4, -0.2) is 0 Å². The molecule has 0 saturated heterocycles. The maximum atomic E-state index is 3.57. The normalized spacial score (nSPS) is 10.6. The summed E-state index contributed by atoms with van der Waals surface area (Å²) in [5, 5.41) is 7.15. The van der Waals surface area contributed by atoms with Crippen molar-refractivity contribution in [2.24, 2.45) is 0 Å². The van der Waals surface area contributed by atoms with Crippen LogP contribution >= 0.6 is 0 Å². The number of anilines is 2. The molecule has 0 unspecified atom stereocenters. The van der Waals surface area contributed by atoms with Crippen LogP contribution < -0.4 is 10.6 Å². The third kappa shape index (κ3) is 4.13. The van der Waals surface area contributed by atoms with Crippen LogP contribution in [0.5, 0.6) is 0 Å². The standard InChI is InChI=1S/C21H22N2/c1-16-8-12-19(13-9-16)22-21(18-6-4-3-5-7-18)23-20-14-10-17(2)11-15-20/h3-15,21-23H,1-2H3. The molecule has 0 heterocycles. The summed E-state index contributed by atoms with van der Waals surface area (Å²) in [4.78, 5) is 0. The van der Waals surface area contributed by atoms with E-state index in [0.29, 0.717) is 0 Å². The van der Waals surface area contributed by atoms with Gasteiger partial charge in [0.15, 0.2) is 0 Å². The van der Waals surface area contributed by atoms with Crippen molar-refractivity contribution < 1.29 is 0 Å². The number of benzene rings is 3. The maximum absolute atomic E-state index is 3.57. The van der Waals surface area contributed by atoms with E-state index in [0.717, 1.165) is 11.4 Å². The minimum atomic E-state index is 0.0154. The monoisotopic (exact) mass is 302 g/mol. The Kier molecular flexibility index (Phi) is 4.62. The van der Waals surface area contributed by atoms with Crippen LogP contribution in [0, 0.1) is 13.8 Å². The molecule has 2 heteroatoms. The topological polar surface area (TPSA) is 24.1 Å². The first-order chi connectivity index (χ1) is 11.2. The first-order valence-electron chi connectivity index (χ1n) is 7.92. The van der Waals surface area contributed by atoms with Gasteiger partial charge in [-0.2, -0.15) is 0 Å². The maximum Gasteiger partial charge on any atom is 0.123 e. The van der Waals surface area contributed by atoms with Crippen LogP contribution in [0.2, 0.25) is 0 Å². The number of hydrogen-bond acceptors (Lipinski definition) is 2. The number of aryl methyl sites for hydroxylation is 2. The quantitative estimate of drug-likeness (QED) is 0.606. The highest BCUT2D eigenvalue weighted by molar-refractivity contribution is 5.52. The summed E-state index contributed by atoms with van der Waals surface area (Å²) in [5.74, 6) is 0. The van der Waals surface area contributed by atoms with Gasteiger partial charge >= 0.3 is 0 Å². The van der Waals surface area contributed by atoms with Gasteiger partial charge in [-0.1, -0.05) is 65.7 Å². The average molecular weight is 302 g/mol. The molecule has 3 rings (SSSR count). The van der Waals surface area contributed by atoms with Crippen molar-refractivity contribution in [2.75, 3.05) is 10.6 Å². The van der Waals surface area contributed by atoms with Crippen LogP contribution in [0.15, 0.2) is 78.9 Å². The van der Waals surface area contributed by atoms with Crippen molar-refractivity contribution in [1.29, 1.82) is 0 Å². The van der Waals surface area contributed by atoms with E-state index >= 15 is 0 Å². The van der Waals surface area contributed by atoms with Gasteiger partial charge in [-0.25, -0.2) is 0 Å². The zero-order valence-electron chi connectivity index (χ0n) is 13.6. The Bertz CT molecular complexity index is 684. The van der Waals surface area contributed by atoms with E-state index < -0.39 is 0 Å². The van der Waals surface area contributed by atoms with E-state index in [1.165, 1.54) is 16.7 Å². The lowest BCUT2D eigenvalue weighted by molar-refractivity contribution is 0.902. The molecule has 0 aliphatic rings. The molecule has 0 aliphatic carbocycles. The zero-order valence-corrected chi connectivity index (χ0v) is 13.6. The molecule has 3 aromatic rings. The molecule has 0 spiro atoms. The smallest absolute Gasteiger partial charge is 0.123 e. The molecule has 0 aliphatic heterocycles. The third-order valence-corrected chi connectivity index (χ3v) is 3.86. The van der Waals surface area contributed by atoms with Crippen LogP contribution in [0.3, 0.4) is 0 Å². The van der Waals surface area contributed by atoms with Gasteiger partial charge in [0, 0.05) is 11.4 Å². The highest BCUT2D eigenvalue weighted by atomic mass is 15.1. The molecule has 0 saturated carbocycles. The summed E-state index contributed by atoms with van der Waals surface area (Å²) in [6.45, 7) is 4.20. The summed E-state index contributed by atoms with van der Waals surface area (Å²) < 4.78 is 0. The molecule has 2 nitrogen and oxygen atoms in total. The van der Waals surface area contributed by atoms with Crippen molar-refractivity contribution in [3.8, 4) is 0 Å². The van der Waals surface area contributed by atoms with Crippen LogP contribution in [0.25, 0.3) is 0 Å². The second kappa shape index (κ2) is 7.01. The highest BCUT2D eigenvalue weighted by Crippen LogP contribution is 2.22. The van der Waals surface area contributed by atoms with Gasteiger partial charge in [-0.05, 0) is 43.7 Å². The third-order valence-electron chi connectivity index (χ3n) is 3.86. The van der Waals surface area contributed by atoms with Gasteiger partial charge in [-0.15, -0.1) is 0 Å². The van der Waals surface area contributed by atoms with E-state index in [-0.39, 0.29) is 6.17 Å². The molecule has 0 amide bonds. The molecule has 3 aromatic carbocycles. The van der Waals surface area contributed by atoms with Gasteiger partial charge in [-0.3, -0.25) is 0 Å². The first-order valence-corrected chi connectivity index (χ1v) is 7.92. The van der Waals surface area contributed by atoms with E-state index in [4.69, 9.17) is 0 Å². The summed E-state index contributed by atoms with van der Waals surface area (Å²) in [6, 6.07) is 27.4. The molecule has 116 valence electrons. The Morgan fingerprint density at radius 3 is 1.43 bits per heavy atom. The second-order valence-corrected chi connectivity index (χ2v) is 5.86. The fourth-order valence-corrected chi connectivity index (χ4v) is 2.48. The second-order valence-electron chi connectivity index (χ2n) is 5.86. The highest BCUT2D eigenvalue weighted by Gasteiger charge is 2.10. The van der Waals surface area contributed by atoms with Crippen molar-refractivity contribution in [2.45, 2.75) is 20.0 Å². The number of hydrogen-bond donors (Lipinski definition) is 2. The van der Waals surface area contributed by atoms with Gasteiger partial charge in [0.1, 0.15) is 6.17 Å². The molecular formula is C21H22N2. The number of nitrogens with one attached hydrogen (secondary N) is 2. The van der Waals surface area contributed by atoms with Crippen LogP contribution in [-0.2, 0) is 0 Å². The lowest BCUT2D eigenvalue weighted by atomic mass is 10.1. The Hall–Kier alpha value is -2.74. The first kappa shape index (κ1) is 15.2. The molecule has 0 radical (unpaired) electrons. The zero-order chi connectivity index (χ0) is 16.1. The molecule has 0 bridgehead atoms. The van der Waals surface area contributed by atoms with E-state index in [1.54, 1.807) is 0 Å². The van der Waals surface area contributed by atoms with Crippen LogP contribution in [0.1, 0.15) is 22.9 Å². The Morgan fingerprint density at radius 2 is 1.00 bits per heavy atom. The molecule has 23 heavy (non-hydrogen) atoms. The van der Waals surface area contributed by atoms with Gasteiger partial charge < -0.3 is 10.6 Å². The van der Waals surface area contributed by atoms with Crippen molar-refractivity contribution in [3.63, 3.8) is 0 Å². The average Bonchev–Trinajstić information content (AvgIpc) is 2.59. The molecular weight excluding hydrogens is 280 g/mol. The van der Waals surface area contributed by atoms with Crippen molar-refractivity contribution >= 4 is 11.4 Å². The Morgan fingerprint density at radius 1 is 0.565 bits per heavy atom. The molecule has 0 aromatic heterocycles. The van der Waals surface area contributed by atoms with Crippen molar-refractivity contribution in [1.82, 2.24) is 0 Å². The van der Waals surface area contributed by atoms with Gasteiger partial charge in [0.05, 0.1) is 0 Å². The van der Waals surface area contributed by atoms with E-state index in [9.17, 15) is 0 Å². The summed E-state index contributed by atoms with van der Waals surface area (Å²) in [7, 11) is 0. The predicted molar refractivity (Wildman–Crippen MR) is 98.8 cm³/mol. The largest absolute Gasteiger partial charge is 0.362 e. The Balaban J connectivity index is 1.84. The van der Waals surface area contributed by atoms with Crippen LogP contribution in [0.4, 0.5) is 11.4 Å². The molecule has 0 fully saturated rings. The van der Waals surface area contributed by atoms with Gasteiger partial charge in [0.25, 0.3) is 0 Å². The summed E-state index contributed by atoms with van der Waals surface area (Å²) >= 11 is 0. The molecule has 2 N–H and O–H groups in total. The minimum absolute atomic E-state index is 0.0154. The van der Waals surface area contributed by atoms with E-state index in [1.807, 2.05) is 6.07 Å². The van der Waals surface area contributed by atoms with E-state index in [2.05, 4.69) is 97.3 Å².